The summed E-state index contributed by atoms with van der Waals surface area (Å²) in [4.78, 5) is 23.6. The first-order chi connectivity index (χ1) is 11.6. The van der Waals surface area contributed by atoms with Crippen molar-refractivity contribution in [3.63, 3.8) is 0 Å². The minimum atomic E-state index is -0.550. The molecular formula is C18H17FO5. The minimum Gasteiger partial charge on any atom is -0.466 e. The highest BCUT2D eigenvalue weighted by atomic mass is 19.1. The topological polar surface area (TPSA) is 61.8 Å². The van der Waals surface area contributed by atoms with Crippen LogP contribution < -0.4 is 0 Å². The molecule has 3 fully saturated rings. The lowest BCUT2D eigenvalue weighted by atomic mass is 9.76. The number of carbonyl (C=O) groups is 2. The van der Waals surface area contributed by atoms with Crippen molar-refractivity contribution < 1.29 is 28.2 Å². The first-order valence-corrected chi connectivity index (χ1v) is 8.00. The third-order valence-corrected chi connectivity index (χ3v) is 5.15. The van der Waals surface area contributed by atoms with Crippen LogP contribution in [0, 0.1) is 17.7 Å². The molecule has 0 amide bonds. The molecule has 0 spiro atoms. The first kappa shape index (κ1) is 15.3. The monoisotopic (exact) mass is 332 g/mol. The number of halogens is 1. The molecule has 2 bridgehead atoms. The van der Waals surface area contributed by atoms with Crippen LogP contribution >= 0.6 is 0 Å². The highest BCUT2D eigenvalue weighted by Gasteiger charge is 2.61. The fraction of sp³-hybridized carbons (Fsp3) is 0.444. The SMILES string of the molecule is COC(=O)C=Cc1ccc(F)cc1[C@H]1OC(=O)C2C3CCC(O3)C21. The quantitative estimate of drug-likeness (QED) is 0.628. The van der Waals surface area contributed by atoms with E-state index in [1.165, 1.54) is 25.3 Å². The molecule has 0 saturated carbocycles. The fourth-order valence-corrected chi connectivity index (χ4v) is 4.13. The van der Waals surface area contributed by atoms with Crippen LogP contribution in [-0.4, -0.2) is 31.3 Å². The molecule has 3 saturated heterocycles. The van der Waals surface area contributed by atoms with E-state index < -0.39 is 17.9 Å². The molecule has 0 aliphatic carbocycles. The van der Waals surface area contributed by atoms with Crippen LogP contribution in [0.5, 0.6) is 0 Å². The normalized spacial score (nSPS) is 33.8. The molecule has 0 aromatic heterocycles. The molecule has 3 aliphatic heterocycles. The van der Waals surface area contributed by atoms with E-state index in [4.69, 9.17) is 9.47 Å². The zero-order valence-corrected chi connectivity index (χ0v) is 13.1. The molecule has 4 rings (SSSR count). The highest BCUT2D eigenvalue weighted by molar-refractivity contribution is 5.87. The highest BCUT2D eigenvalue weighted by Crippen LogP contribution is 2.55. The lowest BCUT2D eigenvalue weighted by molar-refractivity contribution is -0.147. The van der Waals surface area contributed by atoms with Crippen LogP contribution in [0.4, 0.5) is 4.39 Å². The van der Waals surface area contributed by atoms with Crippen LogP contribution in [0.1, 0.15) is 30.1 Å². The van der Waals surface area contributed by atoms with Crippen molar-refractivity contribution in [2.45, 2.75) is 31.2 Å². The van der Waals surface area contributed by atoms with Gasteiger partial charge in [0.1, 0.15) is 11.9 Å². The Morgan fingerprint density at radius 1 is 1.33 bits per heavy atom. The van der Waals surface area contributed by atoms with Crippen molar-refractivity contribution in [1.82, 2.24) is 0 Å². The van der Waals surface area contributed by atoms with E-state index in [-0.39, 0.29) is 30.0 Å². The Morgan fingerprint density at radius 3 is 2.92 bits per heavy atom. The summed E-state index contributed by atoms with van der Waals surface area (Å²) < 4.78 is 29.8. The van der Waals surface area contributed by atoms with Gasteiger partial charge in [-0.1, -0.05) is 6.07 Å². The van der Waals surface area contributed by atoms with Crippen LogP contribution in [-0.2, 0) is 23.8 Å². The number of hydrogen-bond donors (Lipinski definition) is 0. The van der Waals surface area contributed by atoms with Gasteiger partial charge in [-0.3, -0.25) is 4.79 Å². The van der Waals surface area contributed by atoms with E-state index in [9.17, 15) is 14.0 Å². The molecule has 1 aromatic rings. The van der Waals surface area contributed by atoms with Gasteiger partial charge >= 0.3 is 11.9 Å². The second kappa shape index (κ2) is 5.70. The third kappa shape index (κ3) is 2.33. The molecular weight excluding hydrogens is 315 g/mol. The van der Waals surface area contributed by atoms with Gasteiger partial charge in [0.05, 0.1) is 25.2 Å². The summed E-state index contributed by atoms with van der Waals surface area (Å²) in [6.07, 6.45) is 3.91. The maximum absolute atomic E-state index is 13.8. The van der Waals surface area contributed by atoms with Crippen LogP contribution in [0.25, 0.3) is 6.08 Å². The molecule has 24 heavy (non-hydrogen) atoms. The summed E-state index contributed by atoms with van der Waals surface area (Å²) in [7, 11) is 1.29. The number of hydrogen-bond acceptors (Lipinski definition) is 5. The number of rotatable bonds is 3. The average Bonchev–Trinajstić information content (AvgIpc) is 3.27. The Labute approximate surface area is 138 Å². The van der Waals surface area contributed by atoms with Crippen molar-refractivity contribution in [2.75, 3.05) is 7.11 Å². The Balaban J connectivity index is 1.71. The predicted molar refractivity (Wildman–Crippen MR) is 81.2 cm³/mol. The van der Waals surface area contributed by atoms with Gasteiger partial charge in [-0.15, -0.1) is 0 Å². The van der Waals surface area contributed by atoms with Gasteiger partial charge in [0.15, 0.2) is 0 Å². The maximum Gasteiger partial charge on any atom is 0.330 e. The van der Waals surface area contributed by atoms with E-state index in [1.54, 1.807) is 12.1 Å². The van der Waals surface area contributed by atoms with E-state index in [1.807, 2.05) is 0 Å². The number of carbonyl (C=O) groups excluding carboxylic acids is 2. The lowest BCUT2D eigenvalue weighted by Gasteiger charge is -2.23. The number of benzene rings is 1. The molecule has 5 nitrogen and oxygen atoms in total. The second-order valence-electron chi connectivity index (χ2n) is 6.38. The van der Waals surface area contributed by atoms with Gasteiger partial charge in [0.2, 0.25) is 0 Å². The summed E-state index contributed by atoms with van der Waals surface area (Å²) in [5, 5.41) is 0. The third-order valence-electron chi connectivity index (χ3n) is 5.15. The van der Waals surface area contributed by atoms with Gasteiger partial charge in [-0.05, 0) is 36.6 Å². The fourth-order valence-electron chi connectivity index (χ4n) is 4.13. The molecule has 1 aromatic carbocycles. The minimum absolute atomic E-state index is 0.0304. The zero-order valence-electron chi connectivity index (χ0n) is 13.1. The molecule has 0 radical (unpaired) electrons. The van der Waals surface area contributed by atoms with E-state index in [2.05, 4.69) is 4.74 Å². The molecule has 4 unspecified atom stereocenters. The van der Waals surface area contributed by atoms with Gasteiger partial charge in [-0.2, -0.15) is 0 Å². The van der Waals surface area contributed by atoms with Gasteiger partial charge < -0.3 is 14.2 Å². The standard InChI is InChI=1S/C18H17FO5/c1-22-14(20)7-3-9-2-4-10(19)8-11(9)17-15-12-5-6-13(23-12)16(15)18(21)24-17/h2-4,7-8,12-13,15-17H,5-6H2,1H3/t12?,13?,15?,16?,17-/m1/s1. The molecule has 3 heterocycles. The van der Waals surface area contributed by atoms with Crippen LogP contribution in [0.2, 0.25) is 0 Å². The molecule has 126 valence electrons. The van der Waals surface area contributed by atoms with Crippen molar-refractivity contribution in [3.05, 3.63) is 41.2 Å². The summed E-state index contributed by atoms with van der Waals surface area (Å²) in [5.74, 6) is -1.55. The Hall–Kier alpha value is -2.21. The van der Waals surface area contributed by atoms with Crippen molar-refractivity contribution in [1.29, 1.82) is 0 Å². The molecule has 0 N–H and O–H groups in total. The van der Waals surface area contributed by atoms with Gasteiger partial charge in [0, 0.05) is 17.6 Å². The lowest BCUT2D eigenvalue weighted by Crippen LogP contribution is -2.28. The largest absolute Gasteiger partial charge is 0.466 e. The average molecular weight is 332 g/mol. The summed E-state index contributed by atoms with van der Waals surface area (Å²) in [6, 6.07) is 4.24. The van der Waals surface area contributed by atoms with Gasteiger partial charge in [-0.25, -0.2) is 9.18 Å². The van der Waals surface area contributed by atoms with Crippen molar-refractivity contribution in [2.24, 2.45) is 11.8 Å². The van der Waals surface area contributed by atoms with Crippen LogP contribution in [0.3, 0.4) is 0 Å². The Morgan fingerprint density at radius 2 is 2.12 bits per heavy atom. The number of methoxy groups -OCH3 is 1. The van der Waals surface area contributed by atoms with Crippen LogP contribution in [0.15, 0.2) is 24.3 Å². The smallest absolute Gasteiger partial charge is 0.330 e. The number of fused-ring (bicyclic) bond motifs is 5. The number of ether oxygens (including phenoxy) is 3. The maximum atomic E-state index is 13.8. The number of esters is 2. The summed E-state index contributed by atoms with van der Waals surface area (Å²) >= 11 is 0. The van der Waals surface area contributed by atoms with Crippen molar-refractivity contribution >= 4 is 18.0 Å². The molecule has 6 heteroatoms. The summed E-state index contributed by atoms with van der Waals surface area (Å²) in [6.45, 7) is 0. The molecule has 5 atom stereocenters. The van der Waals surface area contributed by atoms with E-state index >= 15 is 0 Å². The van der Waals surface area contributed by atoms with Crippen molar-refractivity contribution in [3.8, 4) is 0 Å². The van der Waals surface area contributed by atoms with E-state index in [0.717, 1.165) is 12.8 Å². The zero-order chi connectivity index (χ0) is 16.8. The summed E-state index contributed by atoms with van der Waals surface area (Å²) in [5.41, 5.74) is 1.19. The first-order valence-electron chi connectivity index (χ1n) is 8.00. The Bertz CT molecular complexity index is 728. The second-order valence-corrected chi connectivity index (χ2v) is 6.38. The van der Waals surface area contributed by atoms with E-state index in [0.29, 0.717) is 11.1 Å². The van der Waals surface area contributed by atoms with Gasteiger partial charge in [0.25, 0.3) is 0 Å². The Kier molecular flexibility index (Phi) is 3.64. The number of cyclic esters (lactones) is 1. The predicted octanol–water partition coefficient (Wildman–Crippen LogP) is 2.40. The molecule has 3 aliphatic rings.